The second-order valence-corrected chi connectivity index (χ2v) is 5.61. The standard InChI is InChI=1S/C14H24N2O3/c1-19-10-8-15-7-9-16-12(17)11-14(13(16)18)5-3-2-4-6-14/h15H,2-11H2,1H3. The van der Waals surface area contributed by atoms with Gasteiger partial charge in [0.05, 0.1) is 12.0 Å². The van der Waals surface area contributed by atoms with Crippen molar-refractivity contribution >= 4 is 11.8 Å². The molecule has 0 aromatic carbocycles. The zero-order valence-electron chi connectivity index (χ0n) is 11.7. The van der Waals surface area contributed by atoms with Crippen LogP contribution in [-0.2, 0) is 14.3 Å². The summed E-state index contributed by atoms with van der Waals surface area (Å²) in [5, 5.41) is 3.17. The molecule has 1 aliphatic carbocycles. The zero-order valence-corrected chi connectivity index (χ0v) is 11.7. The number of likely N-dealkylation sites (tertiary alicyclic amines) is 1. The summed E-state index contributed by atoms with van der Waals surface area (Å²) in [6.07, 6.45) is 5.58. The van der Waals surface area contributed by atoms with Gasteiger partial charge in [-0.15, -0.1) is 0 Å². The van der Waals surface area contributed by atoms with E-state index in [0.717, 1.165) is 32.2 Å². The van der Waals surface area contributed by atoms with E-state index < -0.39 is 0 Å². The second kappa shape index (κ2) is 6.48. The van der Waals surface area contributed by atoms with Gasteiger partial charge in [0.1, 0.15) is 0 Å². The summed E-state index contributed by atoms with van der Waals surface area (Å²) in [7, 11) is 1.65. The first-order chi connectivity index (χ1) is 9.19. The van der Waals surface area contributed by atoms with Crippen LogP contribution in [0.2, 0.25) is 0 Å². The second-order valence-electron chi connectivity index (χ2n) is 5.61. The molecular formula is C14H24N2O3. The molecule has 0 unspecified atom stereocenters. The Morgan fingerprint density at radius 1 is 1.21 bits per heavy atom. The van der Waals surface area contributed by atoms with Crippen molar-refractivity contribution in [3.8, 4) is 0 Å². The van der Waals surface area contributed by atoms with E-state index >= 15 is 0 Å². The van der Waals surface area contributed by atoms with E-state index in [1.807, 2.05) is 0 Å². The Balaban J connectivity index is 1.84. The van der Waals surface area contributed by atoms with Gasteiger partial charge >= 0.3 is 0 Å². The summed E-state index contributed by atoms with van der Waals surface area (Å²) in [5.74, 6) is 0.0891. The monoisotopic (exact) mass is 268 g/mol. The highest BCUT2D eigenvalue weighted by molar-refractivity contribution is 6.05. The molecule has 19 heavy (non-hydrogen) atoms. The molecule has 2 rings (SSSR count). The van der Waals surface area contributed by atoms with E-state index in [1.54, 1.807) is 7.11 Å². The van der Waals surface area contributed by atoms with E-state index in [1.165, 1.54) is 11.3 Å². The number of methoxy groups -OCH3 is 1. The lowest BCUT2D eigenvalue weighted by Gasteiger charge is -2.30. The van der Waals surface area contributed by atoms with Gasteiger partial charge in [0.2, 0.25) is 11.8 Å². The van der Waals surface area contributed by atoms with Gasteiger partial charge in [0.15, 0.2) is 0 Å². The molecule has 1 N–H and O–H groups in total. The third-order valence-corrected chi connectivity index (χ3v) is 4.30. The minimum atomic E-state index is -0.345. The molecular weight excluding hydrogens is 244 g/mol. The van der Waals surface area contributed by atoms with Gasteiger partial charge in [-0.3, -0.25) is 14.5 Å². The number of carbonyl (C=O) groups is 2. The van der Waals surface area contributed by atoms with Gasteiger partial charge in [-0.05, 0) is 12.8 Å². The van der Waals surface area contributed by atoms with Gasteiger partial charge in [0.25, 0.3) is 0 Å². The fourth-order valence-corrected chi connectivity index (χ4v) is 3.20. The summed E-state index contributed by atoms with van der Waals surface area (Å²) in [6.45, 7) is 2.53. The number of nitrogens with one attached hydrogen (secondary N) is 1. The van der Waals surface area contributed by atoms with E-state index in [4.69, 9.17) is 4.74 Å². The van der Waals surface area contributed by atoms with E-state index in [-0.39, 0.29) is 17.2 Å². The molecule has 5 heteroatoms. The number of amides is 2. The first-order valence-electron chi connectivity index (χ1n) is 7.24. The number of nitrogens with zero attached hydrogens (tertiary/aromatic N) is 1. The smallest absolute Gasteiger partial charge is 0.235 e. The fraction of sp³-hybridized carbons (Fsp3) is 0.857. The number of hydrogen-bond donors (Lipinski definition) is 1. The highest BCUT2D eigenvalue weighted by Crippen LogP contribution is 2.45. The molecule has 1 aliphatic heterocycles. The molecule has 0 aromatic rings. The van der Waals surface area contributed by atoms with Crippen LogP contribution < -0.4 is 5.32 Å². The first-order valence-corrected chi connectivity index (χ1v) is 7.24. The topological polar surface area (TPSA) is 58.6 Å². The van der Waals surface area contributed by atoms with Crippen molar-refractivity contribution in [1.29, 1.82) is 0 Å². The molecule has 0 bridgehead atoms. The number of rotatable bonds is 6. The summed E-state index contributed by atoms with van der Waals surface area (Å²) in [4.78, 5) is 26.0. The highest BCUT2D eigenvalue weighted by atomic mass is 16.5. The lowest BCUT2D eigenvalue weighted by atomic mass is 9.73. The number of imide groups is 1. The van der Waals surface area contributed by atoms with Crippen molar-refractivity contribution in [3.63, 3.8) is 0 Å². The van der Waals surface area contributed by atoms with E-state index in [0.29, 0.717) is 26.1 Å². The van der Waals surface area contributed by atoms with Crippen LogP contribution in [0.4, 0.5) is 0 Å². The van der Waals surface area contributed by atoms with Gasteiger partial charge in [0, 0.05) is 33.2 Å². The zero-order chi connectivity index (χ0) is 13.7. The van der Waals surface area contributed by atoms with Gasteiger partial charge in [-0.25, -0.2) is 0 Å². The van der Waals surface area contributed by atoms with Crippen molar-refractivity contribution in [2.45, 2.75) is 38.5 Å². The molecule has 0 atom stereocenters. The molecule has 2 fully saturated rings. The third kappa shape index (κ3) is 3.15. The molecule has 108 valence electrons. The van der Waals surface area contributed by atoms with Crippen molar-refractivity contribution < 1.29 is 14.3 Å². The molecule has 1 spiro atoms. The summed E-state index contributed by atoms with van der Waals surface area (Å²) >= 11 is 0. The molecule has 1 heterocycles. The Kier molecular flexibility index (Phi) is 4.93. The minimum absolute atomic E-state index is 0.0143. The number of ether oxygens (including phenoxy) is 1. The third-order valence-electron chi connectivity index (χ3n) is 4.30. The maximum atomic E-state index is 12.5. The molecule has 0 aromatic heterocycles. The predicted molar refractivity (Wildman–Crippen MR) is 71.6 cm³/mol. The van der Waals surface area contributed by atoms with Crippen molar-refractivity contribution in [3.05, 3.63) is 0 Å². The normalized spacial score (nSPS) is 22.5. The van der Waals surface area contributed by atoms with Crippen LogP contribution in [0.25, 0.3) is 0 Å². The van der Waals surface area contributed by atoms with Crippen molar-refractivity contribution in [2.75, 3.05) is 33.4 Å². The molecule has 5 nitrogen and oxygen atoms in total. The van der Waals surface area contributed by atoms with E-state index in [2.05, 4.69) is 5.32 Å². The summed E-state index contributed by atoms with van der Waals surface area (Å²) in [6, 6.07) is 0. The first kappa shape index (κ1) is 14.5. The highest BCUT2D eigenvalue weighted by Gasteiger charge is 2.51. The Bertz CT molecular complexity index is 338. The maximum Gasteiger partial charge on any atom is 0.235 e. The molecule has 1 saturated heterocycles. The maximum absolute atomic E-state index is 12.5. The average molecular weight is 268 g/mol. The lowest BCUT2D eigenvalue weighted by Crippen LogP contribution is -2.40. The predicted octanol–water partition coefficient (Wildman–Crippen LogP) is 0.932. The summed E-state index contributed by atoms with van der Waals surface area (Å²) in [5.41, 5.74) is -0.345. The van der Waals surface area contributed by atoms with Gasteiger partial charge in [-0.2, -0.15) is 0 Å². The van der Waals surface area contributed by atoms with Crippen LogP contribution in [0, 0.1) is 5.41 Å². The van der Waals surface area contributed by atoms with Crippen LogP contribution in [0.5, 0.6) is 0 Å². The van der Waals surface area contributed by atoms with E-state index in [9.17, 15) is 9.59 Å². The Hall–Kier alpha value is -0.940. The van der Waals surface area contributed by atoms with Crippen LogP contribution in [0.1, 0.15) is 38.5 Å². The van der Waals surface area contributed by atoms with Gasteiger partial charge < -0.3 is 10.1 Å². The Morgan fingerprint density at radius 2 is 1.95 bits per heavy atom. The van der Waals surface area contributed by atoms with Crippen molar-refractivity contribution in [1.82, 2.24) is 10.2 Å². The SMILES string of the molecule is COCCNCCN1C(=O)CC2(CCCCC2)C1=O. The summed E-state index contributed by atoms with van der Waals surface area (Å²) < 4.78 is 4.94. The molecule has 1 saturated carbocycles. The fourth-order valence-electron chi connectivity index (χ4n) is 3.20. The Morgan fingerprint density at radius 3 is 2.63 bits per heavy atom. The number of carbonyl (C=O) groups excluding carboxylic acids is 2. The van der Waals surface area contributed by atoms with Crippen LogP contribution in [0.15, 0.2) is 0 Å². The number of hydrogen-bond acceptors (Lipinski definition) is 4. The molecule has 2 aliphatic rings. The van der Waals surface area contributed by atoms with Crippen LogP contribution in [0.3, 0.4) is 0 Å². The average Bonchev–Trinajstić information content (AvgIpc) is 2.63. The van der Waals surface area contributed by atoms with Crippen LogP contribution >= 0.6 is 0 Å². The quantitative estimate of drug-likeness (QED) is 0.575. The molecule has 2 amide bonds. The minimum Gasteiger partial charge on any atom is -0.383 e. The largest absolute Gasteiger partial charge is 0.383 e. The van der Waals surface area contributed by atoms with Gasteiger partial charge in [-0.1, -0.05) is 19.3 Å². The van der Waals surface area contributed by atoms with Crippen molar-refractivity contribution in [2.24, 2.45) is 5.41 Å². The Labute approximate surface area is 114 Å². The lowest BCUT2D eigenvalue weighted by molar-refractivity contribution is -0.142. The van der Waals surface area contributed by atoms with Crippen LogP contribution in [-0.4, -0.2) is 50.1 Å². The molecule has 0 radical (unpaired) electrons.